The monoisotopic (exact) mass is 300 g/mol. The molecule has 2 rings (SSSR count). The Bertz CT molecular complexity index is 655. The lowest BCUT2D eigenvalue weighted by molar-refractivity contribution is 0.591. The normalized spacial score (nSPS) is 14.0. The van der Waals surface area contributed by atoms with Gasteiger partial charge in [-0.2, -0.15) is 4.40 Å². The maximum atomic E-state index is 12.5. The van der Waals surface area contributed by atoms with E-state index in [9.17, 15) is 4.21 Å². The number of hydrogen-bond acceptors (Lipinski definition) is 2. The molecule has 110 valence electrons. The van der Waals surface area contributed by atoms with Crippen LogP contribution in [0.15, 0.2) is 58.0 Å². The molecule has 0 saturated carbocycles. The van der Waals surface area contributed by atoms with Crippen LogP contribution in [0.3, 0.4) is 0 Å². The summed E-state index contributed by atoms with van der Waals surface area (Å²) in [4.78, 5) is 5.05. The van der Waals surface area contributed by atoms with Crippen LogP contribution in [0.4, 0.5) is 0 Å². The van der Waals surface area contributed by atoms with Gasteiger partial charge in [0.05, 0.1) is 16.3 Å². The van der Waals surface area contributed by atoms with Gasteiger partial charge in [-0.05, 0) is 31.2 Å². The van der Waals surface area contributed by atoms with Gasteiger partial charge in [-0.25, -0.2) is 4.21 Å². The molecule has 0 radical (unpaired) electrons. The van der Waals surface area contributed by atoms with Crippen LogP contribution in [-0.4, -0.2) is 14.9 Å². The Labute approximate surface area is 128 Å². The van der Waals surface area contributed by atoms with Crippen LogP contribution in [-0.2, 0) is 11.0 Å². The van der Waals surface area contributed by atoms with Crippen molar-refractivity contribution in [3.8, 4) is 0 Å². The van der Waals surface area contributed by atoms with E-state index in [0.29, 0.717) is 4.90 Å². The van der Waals surface area contributed by atoms with Crippen LogP contribution < -0.4 is 0 Å². The van der Waals surface area contributed by atoms with Crippen LogP contribution in [0.25, 0.3) is 0 Å². The molecule has 3 nitrogen and oxygen atoms in total. The fourth-order valence-electron chi connectivity index (χ4n) is 1.86. The molecule has 2 aromatic rings. The summed E-state index contributed by atoms with van der Waals surface area (Å²) >= 11 is 0. The first kappa shape index (κ1) is 15.6. The van der Waals surface area contributed by atoms with Crippen molar-refractivity contribution in [2.45, 2.75) is 32.6 Å². The number of aryl methyl sites for hydroxylation is 1. The van der Waals surface area contributed by atoms with Crippen molar-refractivity contribution in [2.24, 2.45) is 9.81 Å². The highest BCUT2D eigenvalue weighted by atomic mass is 32.2. The van der Waals surface area contributed by atoms with Crippen molar-refractivity contribution in [1.82, 2.24) is 4.98 Å². The molecule has 0 N–H and O–H groups in total. The first-order chi connectivity index (χ1) is 9.88. The molecule has 0 aliphatic carbocycles. The van der Waals surface area contributed by atoms with E-state index < -0.39 is 11.0 Å². The van der Waals surface area contributed by atoms with Gasteiger partial charge in [-0.3, -0.25) is 4.98 Å². The zero-order valence-electron chi connectivity index (χ0n) is 12.8. The maximum absolute atomic E-state index is 12.5. The molecule has 1 unspecified atom stereocenters. The molecule has 0 amide bonds. The molecule has 1 aromatic carbocycles. The smallest absolute Gasteiger partial charge is 0.172 e. The fourth-order valence-corrected chi connectivity index (χ4v) is 2.87. The molecule has 0 spiro atoms. The lowest BCUT2D eigenvalue weighted by Crippen LogP contribution is -2.23. The standard InChI is InChI=1S/C17H20N2OS/c1-13-8-10-14(11-9-13)21(20)19-16(17(2,3)4)15-7-5-6-12-18-15/h5-12H,1-4H3/b19-16-. The third-order valence-corrected chi connectivity index (χ3v) is 4.04. The molecule has 4 heteroatoms. The van der Waals surface area contributed by atoms with Crippen molar-refractivity contribution in [2.75, 3.05) is 0 Å². The van der Waals surface area contributed by atoms with Gasteiger partial charge in [0, 0.05) is 11.6 Å². The van der Waals surface area contributed by atoms with Crippen molar-refractivity contribution in [3.05, 3.63) is 59.9 Å². The summed E-state index contributed by atoms with van der Waals surface area (Å²) in [5, 5.41) is 0. The topological polar surface area (TPSA) is 42.3 Å². The van der Waals surface area contributed by atoms with E-state index in [-0.39, 0.29) is 5.41 Å². The summed E-state index contributed by atoms with van der Waals surface area (Å²) in [6, 6.07) is 13.3. The molecule has 1 aromatic heterocycles. The predicted molar refractivity (Wildman–Crippen MR) is 87.8 cm³/mol. The van der Waals surface area contributed by atoms with Gasteiger partial charge in [0.1, 0.15) is 0 Å². The number of hydrogen-bond donors (Lipinski definition) is 0. The molecule has 0 saturated heterocycles. The first-order valence-electron chi connectivity index (χ1n) is 6.87. The number of aromatic nitrogens is 1. The Morgan fingerprint density at radius 1 is 1.10 bits per heavy atom. The van der Waals surface area contributed by atoms with Gasteiger partial charge in [0.2, 0.25) is 0 Å². The summed E-state index contributed by atoms with van der Waals surface area (Å²) < 4.78 is 16.9. The highest BCUT2D eigenvalue weighted by molar-refractivity contribution is 7.84. The average Bonchev–Trinajstić information content (AvgIpc) is 2.45. The van der Waals surface area contributed by atoms with Crippen molar-refractivity contribution in [1.29, 1.82) is 0 Å². The number of nitrogens with zero attached hydrogens (tertiary/aromatic N) is 2. The summed E-state index contributed by atoms with van der Waals surface area (Å²) in [5.41, 5.74) is 2.43. The third kappa shape index (κ3) is 4.08. The molecule has 0 aliphatic rings. The van der Waals surface area contributed by atoms with Gasteiger partial charge in [0.25, 0.3) is 0 Å². The summed E-state index contributed by atoms with van der Waals surface area (Å²) in [6.45, 7) is 8.15. The molecule has 1 atom stereocenters. The SMILES string of the molecule is Cc1ccc(S(=O)/N=C(/c2ccccn2)C(C)(C)C)cc1. The van der Waals surface area contributed by atoms with Gasteiger partial charge >= 0.3 is 0 Å². The molecular weight excluding hydrogens is 280 g/mol. The number of benzene rings is 1. The highest BCUT2D eigenvalue weighted by Crippen LogP contribution is 2.22. The van der Waals surface area contributed by atoms with E-state index in [1.165, 1.54) is 0 Å². The zero-order valence-corrected chi connectivity index (χ0v) is 13.6. The first-order valence-corrected chi connectivity index (χ1v) is 7.98. The molecule has 0 fully saturated rings. The minimum absolute atomic E-state index is 0.227. The van der Waals surface area contributed by atoms with E-state index in [2.05, 4.69) is 9.38 Å². The number of pyridine rings is 1. The minimum atomic E-state index is -1.42. The Balaban J connectivity index is 2.42. The molecule has 21 heavy (non-hydrogen) atoms. The van der Waals surface area contributed by atoms with Crippen molar-refractivity contribution < 1.29 is 4.21 Å². The lowest BCUT2D eigenvalue weighted by atomic mass is 9.88. The second kappa shape index (κ2) is 6.31. The maximum Gasteiger partial charge on any atom is 0.172 e. The van der Waals surface area contributed by atoms with E-state index in [1.54, 1.807) is 6.20 Å². The summed E-state index contributed by atoms with van der Waals surface area (Å²) in [6.07, 6.45) is 1.73. The van der Waals surface area contributed by atoms with Gasteiger partial charge in [0.15, 0.2) is 11.0 Å². The molecule has 0 bridgehead atoms. The lowest BCUT2D eigenvalue weighted by Gasteiger charge is -2.20. The average molecular weight is 300 g/mol. The van der Waals surface area contributed by atoms with Crippen molar-refractivity contribution in [3.63, 3.8) is 0 Å². The zero-order chi connectivity index (χ0) is 15.5. The van der Waals surface area contributed by atoms with Gasteiger partial charge in [-0.1, -0.05) is 44.5 Å². The summed E-state index contributed by atoms with van der Waals surface area (Å²) in [7, 11) is -1.42. The van der Waals surface area contributed by atoms with Crippen molar-refractivity contribution >= 4 is 16.7 Å². The van der Waals surface area contributed by atoms with Crippen LogP contribution in [0.5, 0.6) is 0 Å². The fraction of sp³-hybridized carbons (Fsp3) is 0.294. The molecule has 1 heterocycles. The Morgan fingerprint density at radius 2 is 1.76 bits per heavy atom. The Hall–Kier alpha value is -1.81. The second-order valence-corrected chi connectivity index (χ2v) is 7.12. The van der Waals surface area contributed by atoms with E-state index in [4.69, 9.17) is 0 Å². The predicted octanol–water partition coefficient (Wildman–Crippen LogP) is 3.95. The highest BCUT2D eigenvalue weighted by Gasteiger charge is 2.23. The van der Waals surface area contributed by atoms with Gasteiger partial charge < -0.3 is 0 Å². The third-order valence-electron chi connectivity index (χ3n) is 3.01. The summed E-state index contributed by atoms with van der Waals surface area (Å²) in [5.74, 6) is 0. The molecule has 0 aliphatic heterocycles. The largest absolute Gasteiger partial charge is 0.255 e. The van der Waals surface area contributed by atoms with Crippen LogP contribution in [0.1, 0.15) is 32.0 Å². The number of rotatable bonds is 3. The van der Waals surface area contributed by atoms with Crippen LogP contribution >= 0.6 is 0 Å². The van der Waals surface area contributed by atoms with Gasteiger partial charge in [-0.15, -0.1) is 0 Å². The van der Waals surface area contributed by atoms with Crippen LogP contribution in [0, 0.1) is 12.3 Å². The minimum Gasteiger partial charge on any atom is -0.255 e. The molecular formula is C17H20N2OS. The Kier molecular flexibility index (Phi) is 4.68. The van der Waals surface area contributed by atoms with E-state index in [0.717, 1.165) is 17.0 Å². The second-order valence-electron chi connectivity index (χ2n) is 5.97. The Morgan fingerprint density at radius 3 is 2.29 bits per heavy atom. The van der Waals surface area contributed by atoms with Crippen LogP contribution in [0.2, 0.25) is 0 Å². The van der Waals surface area contributed by atoms with E-state index in [1.807, 2.05) is 70.2 Å². The van der Waals surface area contributed by atoms with E-state index >= 15 is 0 Å². The quantitative estimate of drug-likeness (QED) is 0.805.